The van der Waals surface area contributed by atoms with E-state index in [1.807, 2.05) is 55.5 Å². The topological polar surface area (TPSA) is 47.3 Å². The first kappa shape index (κ1) is 21.4. The summed E-state index contributed by atoms with van der Waals surface area (Å²) < 4.78 is 8.05. The summed E-state index contributed by atoms with van der Waals surface area (Å²) in [5, 5.41) is 11.8. The first-order chi connectivity index (χ1) is 14.9. The van der Waals surface area contributed by atoms with Gasteiger partial charge in [0.15, 0.2) is 0 Å². The lowest BCUT2D eigenvalue weighted by molar-refractivity contribution is 0.203. The summed E-state index contributed by atoms with van der Waals surface area (Å²) in [6.45, 7) is 7.42. The van der Waals surface area contributed by atoms with Crippen LogP contribution in [0.15, 0.2) is 60.7 Å². The van der Waals surface area contributed by atoms with Gasteiger partial charge in [0, 0.05) is 11.6 Å². The molecule has 1 atom stereocenters. The minimum atomic E-state index is -0.783. The van der Waals surface area contributed by atoms with Crippen molar-refractivity contribution in [1.29, 1.82) is 0 Å². The van der Waals surface area contributed by atoms with E-state index in [0.717, 1.165) is 39.4 Å². The first-order valence-corrected chi connectivity index (χ1v) is 10.9. The van der Waals surface area contributed by atoms with Crippen molar-refractivity contribution in [2.45, 2.75) is 39.8 Å². The van der Waals surface area contributed by atoms with Crippen LogP contribution in [0, 0.1) is 20.8 Å². The molecule has 0 saturated heterocycles. The highest BCUT2D eigenvalue weighted by Crippen LogP contribution is 2.28. The van der Waals surface area contributed by atoms with Crippen LogP contribution in [0.1, 0.15) is 40.6 Å². The van der Waals surface area contributed by atoms with Gasteiger partial charge in [-0.3, -0.25) is 0 Å². The van der Waals surface area contributed by atoms with Crippen molar-refractivity contribution in [3.63, 3.8) is 0 Å². The molecule has 3 aromatic carbocycles. The molecule has 1 unspecified atom stereocenters. The SMILES string of the molecule is Cc1cc2nc(C(O)c3ccccc3)n(CCCOc3ccc(Cl)c(C)c3)c2cc1C. The zero-order chi connectivity index (χ0) is 22.0. The van der Waals surface area contributed by atoms with Gasteiger partial charge in [0.05, 0.1) is 17.6 Å². The molecule has 160 valence electrons. The van der Waals surface area contributed by atoms with E-state index in [9.17, 15) is 5.11 Å². The molecule has 1 heterocycles. The predicted octanol–water partition coefficient (Wildman–Crippen LogP) is 6.17. The number of hydrogen-bond acceptors (Lipinski definition) is 3. The van der Waals surface area contributed by atoms with Crippen LogP contribution in [0.3, 0.4) is 0 Å². The van der Waals surface area contributed by atoms with Gasteiger partial charge < -0.3 is 14.4 Å². The lowest BCUT2D eigenvalue weighted by Gasteiger charge is -2.15. The molecule has 0 saturated carbocycles. The maximum absolute atomic E-state index is 11.1. The van der Waals surface area contributed by atoms with Crippen LogP contribution in [-0.4, -0.2) is 21.3 Å². The number of imidazole rings is 1. The van der Waals surface area contributed by atoms with Crippen LogP contribution in [0.4, 0.5) is 0 Å². The number of ether oxygens (including phenoxy) is 1. The molecule has 0 radical (unpaired) electrons. The van der Waals surface area contributed by atoms with Crippen molar-refractivity contribution in [2.24, 2.45) is 0 Å². The highest BCUT2D eigenvalue weighted by molar-refractivity contribution is 6.31. The largest absolute Gasteiger partial charge is 0.494 e. The van der Waals surface area contributed by atoms with Crippen LogP contribution in [0.25, 0.3) is 11.0 Å². The van der Waals surface area contributed by atoms with Gasteiger partial charge in [0.1, 0.15) is 17.7 Å². The molecule has 0 amide bonds. The van der Waals surface area contributed by atoms with Crippen molar-refractivity contribution in [3.8, 4) is 5.75 Å². The maximum Gasteiger partial charge on any atom is 0.143 e. The fourth-order valence-electron chi connectivity index (χ4n) is 3.75. The summed E-state index contributed by atoms with van der Waals surface area (Å²) in [4.78, 5) is 4.81. The van der Waals surface area contributed by atoms with Gasteiger partial charge in [-0.25, -0.2) is 4.98 Å². The Morgan fingerprint density at radius 3 is 2.45 bits per heavy atom. The summed E-state index contributed by atoms with van der Waals surface area (Å²) in [5.41, 5.74) is 6.18. The van der Waals surface area contributed by atoms with Gasteiger partial charge in [-0.05, 0) is 79.8 Å². The predicted molar refractivity (Wildman–Crippen MR) is 126 cm³/mol. The van der Waals surface area contributed by atoms with Gasteiger partial charge in [0.25, 0.3) is 0 Å². The Morgan fingerprint density at radius 2 is 1.71 bits per heavy atom. The van der Waals surface area contributed by atoms with Crippen LogP contribution in [0.5, 0.6) is 5.75 Å². The standard InChI is InChI=1S/C26H27ClN2O2/c1-17-15-23-24(16-18(17)2)29(26(28-23)25(30)20-8-5-4-6-9-20)12-7-13-31-21-10-11-22(27)19(3)14-21/h4-6,8-11,14-16,25,30H,7,12-13H2,1-3H3. The number of aliphatic hydroxyl groups excluding tert-OH is 1. The Morgan fingerprint density at radius 1 is 0.968 bits per heavy atom. The number of nitrogens with zero attached hydrogens (tertiary/aromatic N) is 2. The third-order valence-electron chi connectivity index (χ3n) is 5.68. The number of aliphatic hydroxyl groups is 1. The fraction of sp³-hybridized carbons (Fsp3) is 0.269. The first-order valence-electron chi connectivity index (χ1n) is 10.5. The zero-order valence-electron chi connectivity index (χ0n) is 18.1. The lowest BCUT2D eigenvalue weighted by Crippen LogP contribution is -2.12. The summed E-state index contributed by atoms with van der Waals surface area (Å²) >= 11 is 6.10. The van der Waals surface area contributed by atoms with Gasteiger partial charge in [0.2, 0.25) is 0 Å². The maximum atomic E-state index is 11.1. The van der Waals surface area contributed by atoms with E-state index in [4.69, 9.17) is 21.3 Å². The monoisotopic (exact) mass is 434 g/mol. The molecule has 1 N–H and O–H groups in total. The van der Waals surface area contributed by atoms with Crippen molar-refractivity contribution in [1.82, 2.24) is 9.55 Å². The molecular weight excluding hydrogens is 408 g/mol. The van der Waals surface area contributed by atoms with Gasteiger partial charge >= 0.3 is 0 Å². The fourth-order valence-corrected chi connectivity index (χ4v) is 3.86. The number of fused-ring (bicyclic) bond motifs is 1. The Hall–Kier alpha value is -2.82. The molecule has 5 heteroatoms. The van der Waals surface area contributed by atoms with Gasteiger partial charge in [-0.15, -0.1) is 0 Å². The Kier molecular flexibility index (Phi) is 6.30. The van der Waals surface area contributed by atoms with Crippen LogP contribution in [0.2, 0.25) is 5.02 Å². The Bertz CT molecular complexity index is 1200. The number of rotatable bonds is 7. The van der Waals surface area contributed by atoms with E-state index < -0.39 is 6.10 Å². The molecule has 31 heavy (non-hydrogen) atoms. The molecule has 0 bridgehead atoms. The summed E-state index contributed by atoms with van der Waals surface area (Å²) in [6, 6.07) is 19.6. The van der Waals surface area contributed by atoms with Crippen molar-refractivity contribution >= 4 is 22.6 Å². The van der Waals surface area contributed by atoms with E-state index in [2.05, 4.69) is 30.5 Å². The molecule has 4 aromatic rings. The Balaban J connectivity index is 1.58. The van der Waals surface area contributed by atoms with E-state index in [1.165, 1.54) is 11.1 Å². The minimum absolute atomic E-state index is 0.562. The number of aromatic nitrogens is 2. The van der Waals surface area contributed by atoms with Crippen molar-refractivity contribution < 1.29 is 9.84 Å². The smallest absolute Gasteiger partial charge is 0.143 e. The minimum Gasteiger partial charge on any atom is -0.494 e. The van der Waals surface area contributed by atoms with E-state index in [0.29, 0.717) is 19.0 Å². The number of benzene rings is 3. The molecule has 4 rings (SSSR count). The molecule has 0 aliphatic heterocycles. The average Bonchev–Trinajstić information content (AvgIpc) is 3.11. The third-order valence-corrected chi connectivity index (χ3v) is 6.10. The van der Waals surface area contributed by atoms with E-state index in [-0.39, 0.29) is 0 Å². The molecule has 1 aromatic heterocycles. The van der Waals surface area contributed by atoms with E-state index in [1.54, 1.807) is 0 Å². The molecule has 4 nitrogen and oxygen atoms in total. The normalized spacial score (nSPS) is 12.3. The van der Waals surface area contributed by atoms with Gasteiger partial charge in [-0.1, -0.05) is 41.9 Å². The van der Waals surface area contributed by atoms with Gasteiger partial charge in [-0.2, -0.15) is 0 Å². The number of hydrogen-bond donors (Lipinski definition) is 1. The Labute approximate surface area is 188 Å². The average molecular weight is 435 g/mol. The summed E-state index contributed by atoms with van der Waals surface area (Å²) in [6.07, 6.45) is 0.00299. The van der Waals surface area contributed by atoms with Crippen LogP contribution >= 0.6 is 11.6 Å². The second-order valence-electron chi connectivity index (χ2n) is 7.97. The molecule has 0 aliphatic rings. The highest BCUT2D eigenvalue weighted by atomic mass is 35.5. The summed E-state index contributed by atoms with van der Waals surface area (Å²) in [7, 11) is 0. The molecule has 0 fully saturated rings. The van der Waals surface area contributed by atoms with Crippen LogP contribution in [-0.2, 0) is 6.54 Å². The second-order valence-corrected chi connectivity index (χ2v) is 8.38. The second kappa shape index (κ2) is 9.13. The van der Waals surface area contributed by atoms with Crippen molar-refractivity contribution in [3.05, 3.63) is 93.8 Å². The quantitative estimate of drug-likeness (QED) is 0.354. The van der Waals surface area contributed by atoms with E-state index >= 15 is 0 Å². The molecule has 0 spiro atoms. The lowest BCUT2D eigenvalue weighted by atomic mass is 10.1. The highest BCUT2D eigenvalue weighted by Gasteiger charge is 2.20. The molecule has 0 aliphatic carbocycles. The number of halogens is 1. The zero-order valence-corrected chi connectivity index (χ0v) is 18.9. The van der Waals surface area contributed by atoms with Crippen molar-refractivity contribution in [2.75, 3.05) is 6.61 Å². The molecular formula is C26H27ClN2O2. The summed E-state index contributed by atoms with van der Waals surface area (Å²) in [5.74, 6) is 1.47. The van der Waals surface area contributed by atoms with Crippen LogP contribution < -0.4 is 4.74 Å². The number of aryl methyl sites for hydroxylation is 4. The third kappa shape index (κ3) is 4.60.